The van der Waals surface area contributed by atoms with Gasteiger partial charge in [0, 0.05) is 32.1 Å². The molecule has 1 aliphatic heterocycles. The Morgan fingerprint density at radius 3 is 2.25 bits per heavy atom. The van der Waals surface area contributed by atoms with Gasteiger partial charge < -0.3 is 21.6 Å². The molecule has 6 N–H and O–H groups in total. The van der Waals surface area contributed by atoms with Gasteiger partial charge >= 0.3 is 0 Å². The Labute approximate surface area is 102 Å². The molecule has 0 saturated carbocycles. The summed E-state index contributed by atoms with van der Waals surface area (Å²) in [6, 6.07) is 7.89. The highest BCUT2D eigenvalue weighted by Gasteiger charge is 2.12. The van der Waals surface area contributed by atoms with Gasteiger partial charge in [0.25, 0.3) is 0 Å². The molecule has 96 valence electrons. The normalized spacial score (nSPS) is 13.2. The molecule has 0 aliphatic carbocycles. The van der Waals surface area contributed by atoms with E-state index >= 15 is 0 Å². The van der Waals surface area contributed by atoms with Gasteiger partial charge in [-0.25, -0.2) is 4.39 Å². The number of hydrogen-bond acceptors (Lipinski definition) is 3. The first kappa shape index (κ1) is 17.6. The van der Waals surface area contributed by atoms with Crippen molar-refractivity contribution in [3.63, 3.8) is 0 Å². The third kappa shape index (κ3) is 6.62. The van der Waals surface area contributed by atoms with Gasteiger partial charge in [0.2, 0.25) is 0 Å². The number of hydrogen-bond donors (Lipinski definition) is 3. The first-order valence-electron chi connectivity index (χ1n) is 4.54. The van der Waals surface area contributed by atoms with Crippen molar-refractivity contribution in [2.75, 3.05) is 25.5 Å². The molecular weight excluding hydrogens is 231 g/mol. The molecule has 1 aliphatic rings. The van der Waals surface area contributed by atoms with E-state index in [1.165, 1.54) is 0 Å². The number of rotatable bonds is 1. The number of benzene rings is 1. The summed E-state index contributed by atoms with van der Waals surface area (Å²) in [6.45, 7) is 1.14. The Kier molecular flexibility index (Phi) is 10.3. The van der Waals surface area contributed by atoms with Crippen LogP contribution >= 0.6 is 12.6 Å². The summed E-state index contributed by atoms with van der Waals surface area (Å²) >= 11 is 4.17. The van der Waals surface area contributed by atoms with Crippen molar-refractivity contribution in [3.05, 3.63) is 24.3 Å². The Morgan fingerprint density at radius 2 is 2.00 bits per heavy atom. The van der Waals surface area contributed by atoms with Crippen LogP contribution in [-0.4, -0.2) is 37.3 Å². The highest BCUT2D eigenvalue weighted by molar-refractivity contribution is 7.80. The van der Waals surface area contributed by atoms with Crippen LogP contribution in [0.4, 0.5) is 10.1 Å². The van der Waals surface area contributed by atoms with E-state index in [1.54, 1.807) is 0 Å². The predicted octanol–water partition coefficient (Wildman–Crippen LogP) is 0.541. The molecule has 2 rings (SSSR count). The number of alkyl halides is 1. The number of nitrogens with one attached hydrogen (secondary N) is 2. The molecule has 16 heavy (non-hydrogen) atoms. The molecule has 0 radical (unpaired) electrons. The quantitative estimate of drug-likeness (QED) is 0.637. The van der Waals surface area contributed by atoms with Crippen LogP contribution in [0.15, 0.2) is 29.2 Å². The summed E-state index contributed by atoms with van der Waals surface area (Å²) in [5.74, 6) is 0. The summed E-state index contributed by atoms with van der Waals surface area (Å²) in [5.41, 5.74) is 1.10. The molecule has 1 heterocycles. The van der Waals surface area contributed by atoms with Crippen molar-refractivity contribution in [1.82, 2.24) is 5.32 Å². The molecule has 0 atom stereocenters. The van der Waals surface area contributed by atoms with Crippen LogP contribution in [0.25, 0.3) is 0 Å². The predicted molar refractivity (Wildman–Crippen MR) is 70.3 cm³/mol. The first-order valence-corrected chi connectivity index (χ1v) is 4.98. The largest absolute Gasteiger partial charge is 0.412 e. The fourth-order valence-corrected chi connectivity index (χ4v) is 1.14. The van der Waals surface area contributed by atoms with Crippen molar-refractivity contribution in [2.45, 2.75) is 11.1 Å². The molecule has 4 nitrogen and oxygen atoms in total. The van der Waals surface area contributed by atoms with Gasteiger partial charge in [-0.3, -0.25) is 0 Å². The molecule has 1 fully saturated rings. The van der Waals surface area contributed by atoms with E-state index in [1.807, 2.05) is 31.3 Å². The average Bonchev–Trinajstić information content (AvgIpc) is 2.16. The Hall–Kier alpha value is -0.820. The highest BCUT2D eigenvalue weighted by atomic mass is 32.1. The molecule has 0 unspecified atom stereocenters. The fraction of sp³-hybridized carbons (Fsp3) is 0.400. The van der Waals surface area contributed by atoms with Crippen LogP contribution in [0.2, 0.25) is 0 Å². The lowest BCUT2D eigenvalue weighted by molar-refractivity contribution is 0.237. The summed E-state index contributed by atoms with van der Waals surface area (Å²) in [6.07, 6.45) is -0.546. The van der Waals surface area contributed by atoms with Crippen molar-refractivity contribution >= 4 is 18.3 Å². The maximum atomic E-state index is 11.5. The van der Waals surface area contributed by atoms with Gasteiger partial charge in [0.1, 0.15) is 6.17 Å². The Balaban J connectivity index is -0.000000216. The number of thiol groups is 1. The Morgan fingerprint density at radius 1 is 1.44 bits per heavy atom. The Bertz CT molecular complexity index is 291. The number of anilines is 1. The highest BCUT2D eigenvalue weighted by Crippen LogP contribution is 2.11. The third-order valence-electron chi connectivity index (χ3n) is 1.87. The lowest BCUT2D eigenvalue weighted by Gasteiger charge is -2.17. The second-order valence-corrected chi connectivity index (χ2v) is 3.57. The second kappa shape index (κ2) is 9.41. The van der Waals surface area contributed by atoms with Crippen molar-refractivity contribution in [3.8, 4) is 0 Å². The van der Waals surface area contributed by atoms with Crippen LogP contribution in [0, 0.1) is 0 Å². The van der Waals surface area contributed by atoms with Gasteiger partial charge in [-0.15, -0.1) is 12.6 Å². The summed E-state index contributed by atoms with van der Waals surface area (Å²) in [5, 5.41) is 5.80. The topological polar surface area (TPSA) is 87.1 Å². The SMILES string of the molecule is CNc1cccc(S)c1.FC1CNC1.O.O.[HH]. The summed E-state index contributed by atoms with van der Waals surface area (Å²) in [4.78, 5) is 0.988. The fourth-order valence-electron chi connectivity index (χ4n) is 0.915. The smallest absolute Gasteiger partial charge is 0.125 e. The van der Waals surface area contributed by atoms with Crippen molar-refractivity contribution < 1.29 is 16.8 Å². The monoisotopic (exact) mass is 252 g/mol. The zero-order valence-corrected chi connectivity index (χ0v) is 10.0. The van der Waals surface area contributed by atoms with E-state index in [0.29, 0.717) is 13.1 Å². The summed E-state index contributed by atoms with van der Waals surface area (Å²) in [7, 11) is 1.89. The standard InChI is InChI=1S/C7H9NS.C3H6FN.2H2O.H2/c1-8-6-3-2-4-7(9)5-6;4-3-1-5-2-3;;;/h2-5,8-9H,1H3;3,5H,1-2H2;2*1H2;1H. The van der Waals surface area contributed by atoms with Crippen LogP contribution < -0.4 is 10.6 Å². The molecule has 1 aromatic rings. The van der Waals surface area contributed by atoms with Crippen LogP contribution in [0.5, 0.6) is 0 Å². The van der Waals surface area contributed by atoms with Gasteiger partial charge in [-0.1, -0.05) is 6.07 Å². The number of halogens is 1. The maximum absolute atomic E-state index is 11.5. The molecule has 0 bridgehead atoms. The van der Waals surface area contributed by atoms with Crippen LogP contribution in [-0.2, 0) is 0 Å². The maximum Gasteiger partial charge on any atom is 0.125 e. The molecule has 0 spiro atoms. The first-order chi connectivity index (χ1) is 6.72. The van der Waals surface area contributed by atoms with Crippen LogP contribution in [0.3, 0.4) is 0 Å². The van der Waals surface area contributed by atoms with Gasteiger partial charge in [-0.2, -0.15) is 0 Å². The van der Waals surface area contributed by atoms with Gasteiger partial charge in [-0.05, 0) is 18.2 Å². The minimum Gasteiger partial charge on any atom is -0.412 e. The zero-order chi connectivity index (χ0) is 10.4. The third-order valence-corrected chi connectivity index (χ3v) is 2.14. The molecular formula is C10H21FN2O2S. The lowest BCUT2D eigenvalue weighted by atomic mass is 10.3. The van der Waals surface area contributed by atoms with Crippen molar-refractivity contribution in [2.24, 2.45) is 0 Å². The molecule has 0 amide bonds. The molecule has 1 saturated heterocycles. The minimum absolute atomic E-state index is 0. The molecule has 0 aromatic heterocycles. The lowest BCUT2D eigenvalue weighted by Crippen LogP contribution is -2.43. The van der Waals surface area contributed by atoms with E-state index in [2.05, 4.69) is 23.3 Å². The summed E-state index contributed by atoms with van der Waals surface area (Å²) < 4.78 is 11.5. The van der Waals surface area contributed by atoms with Crippen LogP contribution in [0.1, 0.15) is 1.43 Å². The van der Waals surface area contributed by atoms with Gasteiger partial charge in [0.15, 0.2) is 0 Å². The second-order valence-electron chi connectivity index (χ2n) is 3.06. The minimum atomic E-state index is -0.546. The van der Waals surface area contributed by atoms with E-state index in [9.17, 15) is 4.39 Å². The van der Waals surface area contributed by atoms with E-state index in [4.69, 9.17) is 0 Å². The van der Waals surface area contributed by atoms with Crippen molar-refractivity contribution in [1.29, 1.82) is 0 Å². The van der Waals surface area contributed by atoms with E-state index < -0.39 is 6.17 Å². The molecule has 1 aromatic carbocycles. The van der Waals surface area contributed by atoms with E-state index in [0.717, 1.165) is 10.6 Å². The average molecular weight is 252 g/mol. The van der Waals surface area contributed by atoms with Gasteiger partial charge in [0.05, 0.1) is 0 Å². The van der Waals surface area contributed by atoms with E-state index in [-0.39, 0.29) is 12.4 Å². The molecule has 6 heteroatoms. The zero-order valence-electron chi connectivity index (χ0n) is 9.13.